The Balaban J connectivity index is 1.78. The number of rotatable bonds is 4. The molecule has 0 unspecified atom stereocenters. The fourth-order valence-electron chi connectivity index (χ4n) is 2.20. The summed E-state index contributed by atoms with van der Waals surface area (Å²) in [6.45, 7) is 2.92. The summed E-state index contributed by atoms with van der Waals surface area (Å²) in [4.78, 5) is 4.41. The summed E-state index contributed by atoms with van der Waals surface area (Å²) < 4.78 is 3.08. The van der Waals surface area contributed by atoms with Crippen LogP contribution in [0.5, 0.6) is 0 Å². The van der Waals surface area contributed by atoms with Gasteiger partial charge in [0.25, 0.3) is 0 Å². The Kier molecular flexibility index (Phi) is 4.34. The lowest BCUT2D eigenvalue weighted by molar-refractivity contribution is 0.686. The molecule has 0 N–H and O–H groups in total. The molecular weight excluding hydrogens is 373 g/mol. The highest BCUT2D eigenvalue weighted by Gasteiger charge is 2.05. The lowest BCUT2D eigenvalue weighted by atomic mass is 10.1. The maximum absolute atomic E-state index is 4.56. The van der Waals surface area contributed by atoms with E-state index < -0.39 is 0 Å². The van der Waals surface area contributed by atoms with Gasteiger partial charge in [0.05, 0.1) is 6.54 Å². The molecule has 0 atom stereocenters. The number of halogens is 1. The number of aryl methyl sites for hydroxylation is 1. The second-order valence-corrected chi connectivity index (χ2v) is 6.19. The lowest BCUT2D eigenvalue weighted by Crippen LogP contribution is -2.00. The number of hydrogen-bond acceptors (Lipinski definition) is 2. The summed E-state index contributed by atoms with van der Waals surface area (Å²) in [5, 5.41) is 4.56. The van der Waals surface area contributed by atoms with E-state index in [0.717, 1.165) is 24.4 Å². The molecule has 0 bridgehead atoms. The molecule has 3 rings (SSSR count). The predicted octanol–water partition coefficient (Wildman–Crippen LogP) is 4.16. The van der Waals surface area contributed by atoms with Crippen molar-refractivity contribution in [1.29, 1.82) is 0 Å². The standard InChI is InChI=1S/C17H16IN3/c1-2-13-6-8-14(9-7-13)11-21-12-19-17(20-21)15-4-3-5-16(18)10-15/h3-10,12H,2,11H2,1H3. The highest BCUT2D eigenvalue weighted by Crippen LogP contribution is 2.17. The van der Waals surface area contributed by atoms with Crippen molar-refractivity contribution in [2.24, 2.45) is 0 Å². The van der Waals surface area contributed by atoms with Gasteiger partial charge in [0.2, 0.25) is 0 Å². The molecule has 0 radical (unpaired) electrons. The second-order valence-electron chi connectivity index (χ2n) is 4.95. The van der Waals surface area contributed by atoms with Gasteiger partial charge in [0, 0.05) is 9.13 Å². The van der Waals surface area contributed by atoms with E-state index in [2.05, 4.69) is 76.0 Å². The first-order chi connectivity index (χ1) is 10.2. The molecule has 0 fully saturated rings. The molecule has 0 saturated carbocycles. The molecule has 0 aliphatic carbocycles. The van der Waals surface area contributed by atoms with Crippen LogP contribution in [0.1, 0.15) is 18.1 Å². The second kappa shape index (κ2) is 6.39. The summed E-state index contributed by atoms with van der Waals surface area (Å²) in [6.07, 6.45) is 2.86. The average molecular weight is 389 g/mol. The number of benzene rings is 2. The van der Waals surface area contributed by atoms with Gasteiger partial charge >= 0.3 is 0 Å². The normalized spacial score (nSPS) is 10.8. The Morgan fingerprint density at radius 3 is 2.52 bits per heavy atom. The van der Waals surface area contributed by atoms with Crippen molar-refractivity contribution in [2.75, 3.05) is 0 Å². The average Bonchev–Trinajstić information content (AvgIpc) is 2.97. The quantitative estimate of drug-likeness (QED) is 0.628. The SMILES string of the molecule is CCc1ccc(Cn2cnc(-c3cccc(I)c3)n2)cc1. The number of aromatic nitrogens is 3. The van der Waals surface area contributed by atoms with Crippen LogP contribution in [0.2, 0.25) is 0 Å². The topological polar surface area (TPSA) is 30.7 Å². The van der Waals surface area contributed by atoms with Gasteiger partial charge in [-0.3, -0.25) is 0 Å². The smallest absolute Gasteiger partial charge is 0.181 e. The van der Waals surface area contributed by atoms with Crippen LogP contribution in [0.25, 0.3) is 11.4 Å². The Morgan fingerprint density at radius 1 is 1.05 bits per heavy atom. The fraction of sp³-hybridized carbons (Fsp3) is 0.176. The van der Waals surface area contributed by atoms with Crippen molar-refractivity contribution in [3.63, 3.8) is 0 Å². The molecule has 106 valence electrons. The maximum atomic E-state index is 4.56. The molecule has 3 aromatic rings. The highest BCUT2D eigenvalue weighted by molar-refractivity contribution is 14.1. The van der Waals surface area contributed by atoms with Crippen LogP contribution < -0.4 is 0 Å². The minimum atomic E-state index is 0.751. The van der Waals surface area contributed by atoms with Gasteiger partial charge in [-0.2, -0.15) is 5.10 Å². The summed E-state index contributed by atoms with van der Waals surface area (Å²) in [7, 11) is 0. The highest BCUT2D eigenvalue weighted by atomic mass is 127. The van der Waals surface area contributed by atoms with Crippen LogP contribution >= 0.6 is 22.6 Å². The molecule has 0 amide bonds. The van der Waals surface area contributed by atoms with Gasteiger partial charge in [-0.1, -0.05) is 43.3 Å². The van der Waals surface area contributed by atoms with E-state index in [1.807, 2.05) is 16.8 Å². The van der Waals surface area contributed by atoms with Gasteiger partial charge in [0.15, 0.2) is 5.82 Å². The first-order valence-corrected chi connectivity index (χ1v) is 8.05. The molecule has 21 heavy (non-hydrogen) atoms. The van der Waals surface area contributed by atoms with Crippen LogP contribution in [0.15, 0.2) is 54.9 Å². The molecule has 0 spiro atoms. The molecule has 0 saturated heterocycles. The Hall–Kier alpha value is -1.69. The summed E-state index contributed by atoms with van der Waals surface area (Å²) in [5.41, 5.74) is 3.66. The molecule has 3 nitrogen and oxygen atoms in total. The van der Waals surface area contributed by atoms with Crippen LogP contribution in [0, 0.1) is 3.57 Å². The third-order valence-electron chi connectivity index (χ3n) is 3.40. The number of hydrogen-bond donors (Lipinski definition) is 0. The first-order valence-electron chi connectivity index (χ1n) is 6.98. The van der Waals surface area contributed by atoms with Crippen molar-refractivity contribution in [2.45, 2.75) is 19.9 Å². The molecule has 0 aliphatic heterocycles. The fourth-order valence-corrected chi connectivity index (χ4v) is 2.74. The van der Waals surface area contributed by atoms with Crippen molar-refractivity contribution in [3.05, 3.63) is 69.6 Å². The molecule has 1 heterocycles. The Labute approximate surface area is 138 Å². The van der Waals surface area contributed by atoms with Crippen LogP contribution in [0.4, 0.5) is 0 Å². The predicted molar refractivity (Wildman–Crippen MR) is 93.1 cm³/mol. The zero-order valence-corrected chi connectivity index (χ0v) is 14.0. The zero-order valence-electron chi connectivity index (χ0n) is 11.8. The van der Waals surface area contributed by atoms with Gasteiger partial charge in [0.1, 0.15) is 6.33 Å². The van der Waals surface area contributed by atoms with Crippen LogP contribution in [-0.4, -0.2) is 14.8 Å². The van der Waals surface area contributed by atoms with Gasteiger partial charge in [-0.25, -0.2) is 9.67 Å². The van der Waals surface area contributed by atoms with Crippen molar-refractivity contribution < 1.29 is 0 Å². The maximum Gasteiger partial charge on any atom is 0.181 e. The van der Waals surface area contributed by atoms with Crippen molar-refractivity contribution in [1.82, 2.24) is 14.8 Å². The lowest BCUT2D eigenvalue weighted by Gasteiger charge is -2.02. The molecule has 2 aromatic carbocycles. The van der Waals surface area contributed by atoms with Crippen molar-refractivity contribution in [3.8, 4) is 11.4 Å². The molecule has 4 heteroatoms. The summed E-state index contributed by atoms with van der Waals surface area (Å²) in [6, 6.07) is 16.9. The summed E-state index contributed by atoms with van der Waals surface area (Å²) in [5.74, 6) is 0.777. The summed E-state index contributed by atoms with van der Waals surface area (Å²) >= 11 is 2.30. The third-order valence-corrected chi connectivity index (χ3v) is 4.07. The minimum Gasteiger partial charge on any atom is -0.248 e. The monoisotopic (exact) mass is 389 g/mol. The minimum absolute atomic E-state index is 0.751. The van der Waals surface area contributed by atoms with Gasteiger partial charge in [-0.15, -0.1) is 0 Å². The van der Waals surface area contributed by atoms with E-state index in [1.54, 1.807) is 6.33 Å². The molecule has 0 aliphatic rings. The van der Waals surface area contributed by atoms with E-state index in [1.165, 1.54) is 14.7 Å². The van der Waals surface area contributed by atoms with E-state index in [-0.39, 0.29) is 0 Å². The third kappa shape index (κ3) is 3.50. The van der Waals surface area contributed by atoms with Gasteiger partial charge < -0.3 is 0 Å². The van der Waals surface area contributed by atoms with Crippen molar-refractivity contribution >= 4 is 22.6 Å². The number of nitrogens with zero attached hydrogens (tertiary/aromatic N) is 3. The van der Waals surface area contributed by atoms with E-state index >= 15 is 0 Å². The van der Waals surface area contributed by atoms with E-state index in [0.29, 0.717) is 0 Å². The largest absolute Gasteiger partial charge is 0.248 e. The molecular formula is C17H16IN3. The Morgan fingerprint density at radius 2 is 1.81 bits per heavy atom. The van der Waals surface area contributed by atoms with E-state index in [4.69, 9.17) is 0 Å². The first kappa shape index (κ1) is 14.3. The molecule has 1 aromatic heterocycles. The van der Waals surface area contributed by atoms with Crippen LogP contribution in [-0.2, 0) is 13.0 Å². The van der Waals surface area contributed by atoms with E-state index in [9.17, 15) is 0 Å². The Bertz CT molecular complexity index is 732. The van der Waals surface area contributed by atoms with Gasteiger partial charge in [-0.05, 0) is 52.3 Å². The zero-order chi connectivity index (χ0) is 14.7. The van der Waals surface area contributed by atoms with Crippen LogP contribution in [0.3, 0.4) is 0 Å².